The Labute approximate surface area is 135 Å². The van der Waals surface area contributed by atoms with Gasteiger partial charge in [0.15, 0.2) is 5.69 Å². The predicted octanol–water partition coefficient (Wildman–Crippen LogP) is 1.70. The average Bonchev–Trinajstić information content (AvgIpc) is 2.52. The molecule has 0 spiro atoms. The summed E-state index contributed by atoms with van der Waals surface area (Å²) in [5, 5.41) is 0. The Morgan fingerprint density at radius 3 is 2.83 bits per heavy atom. The number of H-pyrrole nitrogens is 1. The monoisotopic (exact) mass is 339 g/mol. The third-order valence-electron chi connectivity index (χ3n) is 3.85. The molecule has 1 aliphatic heterocycles. The van der Waals surface area contributed by atoms with Crippen LogP contribution in [0.4, 0.5) is 13.2 Å². The Bertz CT molecular complexity index is 802. The van der Waals surface area contributed by atoms with E-state index < -0.39 is 17.4 Å². The van der Waals surface area contributed by atoms with Gasteiger partial charge >= 0.3 is 6.18 Å². The maximum Gasteiger partial charge on any atom is 0.433 e. The number of halogens is 3. The van der Waals surface area contributed by atoms with Crippen LogP contribution in [0.1, 0.15) is 35.5 Å². The van der Waals surface area contributed by atoms with E-state index in [1.807, 2.05) is 18.0 Å². The summed E-state index contributed by atoms with van der Waals surface area (Å²) >= 11 is 0. The lowest BCUT2D eigenvalue weighted by Crippen LogP contribution is -2.33. The van der Waals surface area contributed by atoms with Crippen LogP contribution in [0.5, 0.6) is 0 Å². The van der Waals surface area contributed by atoms with E-state index in [-0.39, 0.29) is 12.4 Å². The maximum atomic E-state index is 12.8. The lowest BCUT2D eigenvalue weighted by molar-refractivity contribution is -0.141. The lowest BCUT2D eigenvalue weighted by Gasteiger charge is -2.27. The molecule has 24 heavy (non-hydrogen) atoms. The van der Waals surface area contributed by atoms with Crippen molar-refractivity contribution in [3.8, 4) is 0 Å². The van der Waals surface area contributed by atoms with Gasteiger partial charge in [-0.25, -0.2) is 15.0 Å². The van der Waals surface area contributed by atoms with Gasteiger partial charge in [0.1, 0.15) is 11.6 Å². The quantitative estimate of drug-likeness (QED) is 0.921. The number of aromatic amines is 1. The molecule has 3 heterocycles. The molecule has 0 radical (unpaired) electrons. The number of fused-ring (bicyclic) bond motifs is 1. The van der Waals surface area contributed by atoms with E-state index in [0.717, 1.165) is 23.5 Å². The first-order valence-corrected chi connectivity index (χ1v) is 7.58. The molecule has 0 fully saturated rings. The predicted molar refractivity (Wildman–Crippen MR) is 79.1 cm³/mol. The van der Waals surface area contributed by atoms with Gasteiger partial charge in [-0.1, -0.05) is 6.92 Å². The van der Waals surface area contributed by atoms with Gasteiger partial charge in [-0.2, -0.15) is 13.2 Å². The van der Waals surface area contributed by atoms with Gasteiger partial charge in [-0.3, -0.25) is 9.69 Å². The van der Waals surface area contributed by atoms with Crippen LogP contribution < -0.4 is 5.56 Å². The molecule has 128 valence electrons. The number of nitrogens with one attached hydrogen (secondary N) is 1. The van der Waals surface area contributed by atoms with E-state index in [9.17, 15) is 18.0 Å². The van der Waals surface area contributed by atoms with Crippen molar-refractivity contribution in [3.05, 3.63) is 51.2 Å². The molecule has 0 atom stereocenters. The Kier molecular flexibility index (Phi) is 4.35. The zero-order chi connectivity index (χ0) is 17.3. The molecule has 0 amide bonds. The molecule has 6 nitrogen and oxygen atoms in total. The highest BCUT2D eigenvalue weighted by molar-refractivity contribution is 5.20. The summed E-state index contributed by atoms with van der Waals surface area (Å²) < 4.78 is 38.3. The molecule has 0 saturated carbocycles. The van der Waals surface area contributed by atoms with Crippen LogP contribution in [-0.2, 0) is 32.1 Å². The highest BCUT2D eigenvalue weighted by Gasteiger charge is 2.33. The fourth-order valence-corrected chi connectivity index (χ4v) is 2.64. The molecule has 0 aliphatic carbocycles. The van der Waals surface area contributed by atoms with E-state index >= 15 is 0 Å². The summed E-state index contributed by atoms with van der Waals surface area (Å²) in [5.74, 6) is 0.740. The van der Waals surface area contributed by atoms with E-state index in [1.165, 1.54) is 0 Å². The van der Waals surface area contributed by atoms with Crippen molar-refractivity contribution in [2.45, 2.75) is 39.0 Å². The van der Waals surface area contributed by atoms with Gasteiger partial charge in [-0.05, 0) is 12.0 Å². The molecular formula is C15H16F3N5O. The molecule has 0 bridgehead atoms. The van der Waals surface area contributed by atoms with Gasteiger partial charge in [0.2, 0.25) is 0 Å². The third kappa shape index (κ3) is 3.61. The van der Waals surface area contributed by atoms with Crippen molar-refractivity contribution >= 4 is 0 Å². The Hall–Kier alpha value is -2.29. The van der Waals surface area contributed by atoms with Crippen LogP contribution in [0, 0.1) is 0 Å². The van der Waals surface area contributed by atoms with E-state index in [2.05, 4.69) is 19.9 Å². The van der Waals surface area contributed by atoms with Crippen molar-refractivity contribution in [1.29, 1.82) is 0 Å². The van der Waals surface area contributed by atoms with E-state index in [1.54, 1.807) is 0 Å². The second-order valence-corrected chi connectivity index (χ2v) is 5.65. The number of aromatic nitrogens is 4. The zero-order valence-electron chi connectivity index (χ0n) is 13.0. The van der Waals surface area contributed by atoms with E-state index in [4.69, 9.17) is 0 Å². The van der Waals surface area contributed by atoms with Crippen LogP contribution in [0.2, 0.25) is 0 Å². The first-order valence-electron chi connectivity index (χ1n) is 7.58. The number of aryl methyl sites for hydroxylation is 1. The van der Waals surface area contributed by atoms with Crippen molar-refractivity contribution < 1.29 is 13.2 Å². The number of rotatable bonds is 3. The van der Waals surface area contributed by atoms with Crippen molar-refractivity contribution in [2.75, 3.05) is 6.54 Å². The minimum absolute atomic E-state index is 0.00282. The molecule has 3 rings (SSSR count). The largest absolute Gasteiger partial charge is 0.433 e. The van der Waals surface area contributed by atoms with Crippen LogP contribution >= 0.6 is 0 Å². The molecule has 0 aromatic carbocycles. The number of alkyl halides is 3. The average molecular weight is 339 g/mol. The highest BCUT2D eigenvalue weighted by atomic mass is 19.4. The zero-order valence-corrected chi connectivity index (χ0v) is 13.0. The summed E-state index contributed by atoms with van der Waals surface area (Å²) in [4.78, 5) is 28.0. The Morgan fingerprint density at radius 2 is 2.12 bits per heavy atom. The molecule has 1 N–H and O–H groups in total. The first kappa shape index (κ1) is 16.6. The Balaban J connectivity index is 1.80. The van der Waals surface area contributed by atoms with Crippen molar-refractivity contribution in [3.63, 3.8) is 0 Å². The normalized spacial score (nSPS) is 15.3. The van der Waals surface area contributed by atoms with Gasteiger partial charge in [0, 0.05) is 31.8 Å². The second kappa shape index (κ2) is 6.31. The second-order valence-electron chi connectivity index (χ2n) is 5.65. The highest BCUT2D eigenvalue weighted by Crippen LogP contribution is 2.26. The standard InChI is InChI=1S/C15H16F3N5O/c1-2-12-19-6-9-3-4-23(7-10(9)20-12)8-13-21-11(15(16,17)18)5-14(24)22-13/h5-6H,2-4,7-8H2,1H3,(H,21,22,24). The van der Waals surface area contributed by atoms with Gasteiger partial charge in [0.25, 0.3) is 5.56 Å². The van der Waals surface area contributed by atoms with Gasteiger partial charge in [0.05, 0.1) is 12.2 Å². The molecule has 1 aliphatic rings. The number of nitrogens with zero attached hydrogens (tertiary/aromatic N) is 4. The Morgan fingerprint density at radius 1 is 1.33 bits per heavy atom. The van der Waals surface area contributed by atoms with Gasteiger partial charge < -0.3 is 4.98 Å². The van der Waals surface area contributed by atoms with Crippen LogP contribution in [0.25, 0.3) is 0 Å². The van der Waals surface area contributed by atoms with Crippen LogP contribution in [0.3, 0.4) is 0 Å². The summed E-state index contributed by atoms with van der Waals surface area (Å²) in [6.07, 6.45) is -1.40. The summed E-state index contributed by atoms with van der Waals surface area (Å²) in [7, 11) is 0. The minimum Gasteiger partial charge on any atom is -0.309 e. The van der Waals surface area contributed by atoms with Gasteiger partial charge in [-0.15, -0.1) is 0 Å². The van der Waals surface area contributed by atoms with Crippen molar-refractivity contribution in [1.82, 2.24) is 24.8 Å². The number of hydrogen-bond acceptors (Lipinski definition) is 5. The summed E-state index contributed by atoms with van der Waals surface area (Å²) in [6, 6.07) is 0.468. The van der Waals surface area contributed by atoms with Crippen LogP contribution in [0.15, 0.2) is 17.1 Å². The maximum absolute atomic E-state index is 12.8. The third-order valence-corrected chi connectivity index (χ3v) is 3.85. The summed E-state index contributed by atoms with van der Waals surface area (Å²) in [5.41, 5.74) is -0.0500. The smallest absolute Gasteiger partial charge is 0.309 e. The SMILES string of the molecule is CCc1ncc2c(n1)CN(Cc1nc(C(F)(F)F)cc(=O)[nH]1)CC2. The lowest BCUT2D eigenvalue weighted by atomic mass is 10.1. The molecule has 0 unspecified atom stereocenters. The van der Waals surface area contributed by atoms with Crippen molar-refractivity contribution in [2.24, 2.45) is 0 Å². The fraction of sp³-hybridized carbons (Fsp3) is 0.467. The topological polar surface area (TPSA) is 74.8 Å². The van der Waals surface area contributed by atoms with E-state index in [0.29, 0.717) is 25.6 Å². The summed E-state index contributed by atoms with van der Waals surface area (Å²) in [6.45, 7) is 3.22. The fourth-order valence-electron chi connectivity index (χ4n) is 2.64. The molecule has 2 aromatic rings. The molecule has 0 saturated heterocycles. The first-order chi connectivity index (χ1) is 11.3. The molecule has 2 aromatic heterocycles. The van der Waals surface area contributed by atoms with Crippen LogP contribution in [-0.4, -0.2) is 31.4 Å². The number of hydrogen-bond donors (Lipinski definition) is 1. The molecular weight excluding hydrogens is 323 g/mol. The molecule has 9 heteroatoms. The minimum atomic E-state index is -4.64.